The smallest absolute Gasteiger partial charge is 0.220 e. The first-order valence-electron chi connectivity index (χ1n) is 8.14. The van der Waals surface area contributed by atoms with Crippen molar-refractivity contribution in [2.24, 2.45) is 11.7 Å². The molecule has 0 bridgehead atoms. The van der Waals surface area contributed by atoms with Crippen LogP contribution in [0.15, 0.2) is 42.9 Å². The molecule has 0 unspecified atom stereocenters. The van der Waals surface area contributed by atoms with E-state index in [1.807, 2.05) is 18.3 Å². The number of nitrogens with one attached hydrogen (secondary N) is 1. The lowest BCUT2D eigenvalue weighted by Crippen LogP contribution is -2.38. The van der Waals surface area contributed by atoms with Gasteiger partial charge in [-0.25, -0.2) is 9.97 Å². The first-order chi connectivity index (χ1) is 11.7. The molecule has 0 aliphatic carbocycles. The SMILES string of the molecule is NC(=O)C1CCN(c2ccc(-c3ccc4nc[nH]c4c3)cn2)CC1. The summed E-state index contributed by atoms with van der Waals surface area (Å²) in [6.07, 6.45) is 5.20. The summed E-state index contributed by atoms with van der Waals surface area (Å²) < 4.78 is 0. The van der Waals surface area contributed by atoms with Crippen LogP contribution in [0.5, 0.6) is 0 Å². The Labute approximate surface area is 139 Å². The average molecular weight is 321 g/mol. The summed E-state index contributed by atoms with van der Waals surface area (Å²) in [4.78, 5) is 25.4. The number of nitrogens with zero attached hydrogens (tertiary/aromatic N) is 3. The molecule has 1 aliphatic heterocycles. The second-order valence-corrected chi connectivity index (χ2v) is 6.20. The van der Waals surface area contributed by atoms with E-state index in [4.69, 9.17) is 5.73 Å². The highest BCUT2D eigenvalue weighted by molar-refractivity contribution is 5.81. The molecule has 1 aliphatic rings. The molecule has 122 valence electrons. The van der Waals surface area contributed by atoms with Gasteiger partial charge in [-0.2, -0.15) is 0 Å². The molecule has 24 heavy (non-hydrogen) atoms. The Hall–Kier alpha value is -2.89. The minimum Gasteiger partial charge on any atom is -0.369 e. The van der Waals surface area contributed by atoms with Crippen molar-refractivity contribution >= 4 is 22.8 Å². The van der Waals surface area contributed by atoms with Crippen LogP contribution in [-0.4, -0.2) is 33.9 Å². The number of H-pyrrole nitrogens is 1. The molecule has 3 N–H and O–H groups in total. The minimum absolute atomic E-state index is 0.00153. The van der Waals surface area contributed by atoms with Crippen molar-refractivity contribution in [1.29, 1.82) is 0 Å². The molecule has 0 spiro atoms. The molecule has 0 radical (unpaired) electrons. The number of aromatic amines is 1. The van der Waals surface area contributed by atoms with Crippen LogP contribution in [0.2, 0.25) is 0 Å². The second kappa shape index (κ2) is 5.96. The number of amides is 1. The number of anilines is 1. The number of hydrogen-bond donors (Lipinski definition) is 2. The van der Waals surface area contributed by atoms with E-state index in [0.717, 1.165) is 53.9 Å². The summed E-state index contributed by atoms with van der Waals surface area (Å²) in [5, 5.41) is 0. The van der Waals surface area contributed by atoms with Gasteiger partial charge < -0.3 is 15.6 Å². The Kier molecular flexibility index (Phi) is 3.65. The standard InChI is InChI=1S/C18H19N5O/c19-18(24)12-5-7-23(8-6-12)17-4-2-14(10-20-17)13-1-3-15-16(9-13)22-11-21-15/h1-4,9-12H,5-8H2,(H2,19,24)(H,21,22). The molecule has 3 heterocycles. The molecule has 1 aromatic carbocycles. The van der Waals surface area contributed by atoms with Crippen LogP contribution in [0.3, 0.4) is 0 Å². The molecule has 4 rings (SSSR count). The number of rotatable bonds is 3. The van der Waals surface area contributed by atoms with Gasteiger partial charge in [0.15, 0.2) is 0 Å². The van der Waals surface area contributed by atoms with Gasteiger partial charge >= 0.3 is 0 Å². The van der Waals surface area contributed by atoms with Crippen LogP contribution < -0.4 is 10.6 Å². The molecule has 6 heteroatoms. The summed E-state index contributed by atoms with van der Waals surface area (Å²) in [5.74, 6) is 0.762. The van der Waals surface area contributed by atoms with E-state index in [2.05, 4.69) is 38.1 Å². The van der Waals surface area contributed by atoms with Gasteiger partial charge in [-0.1, -0.05) is 6.07 Å². The number of fused-ring (bicyclic) bond motifs is 1. The fraction of sp³-hybridized carbons (Fsp3) is 0.278. The molecule has 6 nitrogen and oxygen atoms in total. The number of hydrogen-bond acceptors (Lipinski definition) is 4. The van der Waals surface area contributed by atoms with Crippen LogP contribution in [0.25, 0.3) is 22.2 Å². The zero-order valence-electron chi connectivity index (χ0n) is 13.3. The van der Waals surface area contributed by atoms with Gasteiger partial charge in [0.05, 0.1) is 17.4 Å². The van der Waals surface area contributed by atoms with Gasteiger partial charge in [-0.15, -0.1) is 0 Å². The van der Waals surface area contributed by atoms with E-state index in [1.165, 1.54) is 0 Å². The third-order valence-corrected chi connectivity index (χ3v) is 4.72. The molecule has 1 fully saturated rings. The summed E-state index contributed by atoms with van der Waals surface area (Å²) in [5.41, 5.74) is 9.55. The van der Waals surface area contributed by atoms with Crippen molar-refractivity contribution < 1.29 is 4.79 Å². The zero-order chi connectivity index (χ0) is 16.5. The van der Waals surface area contributed by atoms with E-state index >= 15 is 0 Å². The quantitative estimate of drug-likeness (QED) is 0.775. The van der Waals surface area contributed by atoms with Gasteiger partial charge in [-0.05, 0) is 42.7 Å². The number of pyridine rings is 1. The van der Waals surface area contributed by atoms with Gasteiger partial charge in [0.25, 0.3) is 0 Å². The second-order valence-electron chi connectivity index (χ2n) is 6.20. The molecule has 3 aromatic rings. The maximum atomic E-state index is 11.3. The molecule has 1 amide bonds. The highest BCUT2D eigenvalue weighted by atomic mass is 16.1. The summed E-state index contributed by atoms with van der Waals surface area (Å²) >= 11 is 0. The maximum absolute atomic E-state index is 11.3. The first-order valence-corrected chi connectivity index (χ1v) is 8.14. The number of primary amides is 1. The fourth-order valence-corrected chi connectivity index (χ4v) is 3.25. The third-order valence-electron chi connectivity index (χ3n) is 4.72. The Morgan fingerprint density at radius 2 is 1.92 bits per heavy atom. The monoisotopic (exact) mass is 321 g/mol. The molecule has 2 aromatic heterocycles. The van der Waals surface area contributed by atoms with E-state index in [-0.39, 0.29) is 11.8 Å². The fourth-order valence-electron chi connectivity index (χ4n) is 3.25. The van der Waals surface area contributed by atoms with Crippen LogP contribution in [0.4, 0.5) is 5.82 Å². The van der Waals surface area contributed by atoms with Crippen LogP contribution >= 0.6 is 0 Å². The number of nitrogens with two attached hydrogens (primary N) is 1. The van der Waals surface area contributed by atoms with Crippen molar-refractivity contribution in [3.05, 3.63) is 42.9 Å². The Morgan fingerprint density at radius 3 is 2.62 bits per heavy atom. The predicted octanol–water partition coefficient (Wildman–Crippen LogP) is 2.33. The van der Waals surface area contributed by atoms with Crippen molar-refractivity contribution in [2.75, 3.05) is 18.0 Å². The predicted molar refractivity (Wildman–Crippen MR) is 93.5 cm³/mol. The number of carbonyl (C=O) groups is 1. The number of imidazole rings is 1. The topological polar surface area (TPSA) is 87.9 Å². The van der Waals surface area contributed by atoms with Gasteiger partial charge in [0, 0.05) is 30.8 Å². The highest BCUT2D eigenvalue weighted by Gasteiger charge is 2.23. The third kappa shape index (κ3) is 2.71. The van der Waals surface area contributed by atoms with E-state index in [1.54, 1.807) is 6.33 Å². The lowest BCUT2D eigenvalue weighted by atomic mass is 9.96. The normalized spacial score (nSPS) is 15.8. The van der Waals surface area contributed by atoms with Gasteiger partial charge in [0.2, 0.25) is 5.91 Å². The molecular weight excluding hydrogens is 302 g/mol. The van der Waals surface area contributed by atoms with Gasteiger partial charge in [0.1, 0.15) is 5.82 Å². The van der Waals surface area contributed by atoms with Crippen molar-refractivity contribution in [1.82, 2.24) is 15.0 Å². The Balaban J connectivity index is 1.51. The van der Waals surface area contributed by atoms with Crippen LogP contribution in [0, 0.1) is 5.92 Å². The van der Waals surface area contributed by atoms with Crippen LogP contribution in [-0.2, 0) is 4.79 Å². The first kappa shape index (κ1) is 14.7. The molecule has 0 atom stereocenters. The lowest BCUT2D eigenvalue weighted by molar-refractivity contribution is -0.122. The highest BCUT2D eigenvalue weighted by Crippen LogP contribution is 2.26. The Morgan fingerprint density at radius 1 is 1.12 bits per heavy atom. The van der Waals surface area contributed by atoms with Crippen LogP contribution in [0.1, 0.15) is 12.8 Å². The lowest BCUT2D eigenvalue weighted by Gasteiger charge is -2.31. The zero-order valence-corrected chi connectivity index (χ0v) is 13.3. The molecule has 0 saturated carbocycles. The van der Waals surface area contributed by atoms with Crippen molar-refractivity contribution in [3.63, 3.8) is 0 Å². The largest absolute Gasteiger partial charge is 0.369 e. The van der Waals surface area contributed by atoms with Crippen molar-refractivity contribution in [3.8, 4) is 11.1 Å². The maximum Gasteiger partial charge on any atom is 0.220 e. The molecule has 1 saturated heterocycles. The number of benzene rings is 1. The van der Waals surface area contributed by atoms with E-state index in [0.29, 0.717) is 0 Å². The minimum atomic E-state index is -0.188. The summed E-state index contributed by atoms with van der Waals surface area (Å²) in [6.45, 7) is 1.64. The Bertz CT molecular complexity index is 863. The van der Waals surface area contributed by atoms with Gasteiger partial charge in [-0.3, -0.25) is 4.79 Å². The summed E-state index contributed by atoms with van der Waals surface area (Å²) in [7, 11) is 0. The average Bonchev–Trinajstić information content (AvgIpc) is 3.09. The summed E-state index contributed by atoms with van der Waals surface area (Å²) in [6, 6.07) is 10.3. The number of carbonyl (C=O) groups excluding carboxylic acids is 1. The molecular formula is C18H19N5O. The van der Waals surface area contributed by atoms with E-state index in [9.17, 15) is 4.79 Å². The number of aromatic nitrogens is 3. The number of piperidine rings is 1. The van der Waals surface area contributed by atoms with E-state index < -0.39 is 0 Å². The van der Waals surface area contributed by atoms with Crippen molar-refractivity contribution in [2.45, 2.75) is 12.8 Å².